The predicted molar refractivity (Wildman–Crippen MR) is 66.8 cm³/mol. The molecule has 0 aliphatic heterocycles. The highest BCUT2D eigenvalue weighted by Crippen LogP contribution is 2.15. The van der Waals surface area contributed by atoms with Crippen LogP contribution in [0.15, 0.2) is 36.5 Å². The summed E-state index contributed by atoms with van der Waals surface area (Å²) in [6, 6.07) is 6.60. The topological polar surface area (TPSA) is 42.0 Å². The van der Waals surface area contributed by atoms with Crippen molar-refractivity contribution >= 4 is 17.5 Å². The Hall–Kier alpha value is -2.01. The highest BCUT2D eigenvalue weighted by atomic mass is 35.5. The molecule has 0 saturated heterocycles. The molecule has 0 unspecified atom stereocenters. The Morgan fingerprint density at radius 1 is 1.26 bits per heavy atom. The van der Waals surface area contributed by atoms with Crippen molar-refractivity contribution in [1.29, 1.82) is 0 Å². The average molecular weight is 283 g/mol. The van der Waals surface area contributed by atoms with Crippen LogP contribution >= 0.6 is 11.6 Å². The summed E-state index contributed by atoms with van der Waals surface area (Å²) in [5.41, 5.74) is 0.907. The lowest BCUT2D eigenvalue weighted by molar-refractivity contribution is 0.0950. The molecule has 0 radical (unpaired) electrons. The zero-order valence-electron chi connectivity index (χ0n) is 9.66. The maximum Gasteiger partial charge on any atom is 0.253 e. The average Bonchev–Trinajstić information content (AvgIpc) is 2.40. The molecule has 6 heteroatoms. The minimum absolute atomic E-state index is 0.00445. The fraction of sp³-hybridized carbons (Fsp3) is 0.0769. The lowest BCUT2D eigenvalue weighted by atomic mass is 10.2. The van der Waals surface area contributed by atoms with Gasteiger partial charge in [0.1, 0.15) is 5.82 Å². The number of aromatic nitrogens is 1. The minimum Gasteiger partial charge on any atom is -0.348 e. The van der Waals surface area contributed by atoms with Crippen LogP contribution in [0.4, 0.5) is 8.78 Å². The second-order valence-electron chi connectivity index (χ2n) is 3.80. The minimum atomic E-state index is -0.651. The molecular weight excluding hydrogens is 274 g/mol. The molecule has 0 bridgehead atoms. The normalized spacial score (nSPS) is 10.3. The van der Waals surface area contributed by atoms with Gasteiger partial charge in [-0.3, -0.25) is 4.79 Å². The summed E-state index contributed by atoms with van der Waals surface area (Å²) in [4.78, 5) is 15.1. The zero-order valence-corrected chi connectivity index (χ0v) is 10.4. The first-order valence-electron chi connectivity index (χ1n) is 5.40. The molecule has 0 saturated carbocycles. The zero-order chi connectivity index (χ0) is 13.8. The maximum atomic E-state index is 12.9. The van der Waals surface area contributed by atoms with Gasteiger partial charge in [-0.2, -0.15) is 4.39 Å². The van der Waals surface area contributed by atoms with E-state index in [1.807, 2.05) is 0 Å². The molecule has 1 heterocycles. The molecule has 0 aliphatic carbocycles. The number of benzene rings is 1. The van der Waals surface area contributed by atoms with Crippen LogP contribution in [-0.2, 0) is 6.54 Å². The van der Waals surface area contributed by atoms with Crippen LogP contribution in [0.25, 0.3) is 0 Å². The number of pyridine rings is 1. The van der Waals surface area contributed by atoms with E-state index in [1.54, 1.807) is 0 Å². The first kappa shape index (κ1) is 13.4. The smallest absolute Gasteiger partial charge is 0.253 e. The van der Waals surface area contributed by atoms with Crippen molar-refractivity contribution in [3.8, 4) is 0 Å². The van der Waals surface area contributed by atoms with Crippen molar-refractivity contribution in [2.75, 3.05) is 0 Å². The molecule has 1 amide bonds. The van der Waals surface area contributed by atoms with E-state index in [9.17, 15) is 13.6 Å². The van der Waals surface area contributed by atoms with Crippen LogP contribution in [-0.4, -0.2) is 10.9 Å². The van der Waals surface area contributed by atoms with E-state index in [1.165, 1.54) is 24.3 Å². The van der Waals surface area contributed by atoms with Gasteiger partial charge in [0, 0.05) is 12.7 Å². The second kappa shape index (κ2) is 5.75. The van der Waals surface area contributed by atoms with E-state index in [4.69, 9.17) is 11.6 Å². The number of hydrogen-bond acceptors (Lipinski definition) is 2. The number of nitrogens with zero attached hydrogens (tertiary/aromatic N) is 1. The molecule has 3 nitrogen and oxygen atoms in total. The third kappa shape index (κ3) is 3.48. The van der Waals surface area contributed by atoms with Gasteiger partial charge in [-0.05, 0) is 29.8 Å². The molecule has 0 aliphatic rings. The number of amides is 1. The number of rotatable bonds is 3. The van der Waals surface area contributed by atoms with Gasteiger partial charge in [0.15, 0.2) is 0 Å². The lowest BCUT2D eigenvalue weighted by Crippen LogP contribution is -2.23. The summed E-state index contributed by atoms with van der Waals surface area (Å²) < 4.78 is 25.5. The van der Waals surface area contributed by atoms with Crippen molar-refractivity contribution in [3.63, 3.8) is 0 Å². The van der Waals surface area contributed by atoms with E-state index in [2.05, 4.69) is 10.3 Å². The molecule has 2 aromatic rings. The van der Waals surface area contributed by atoms with Crippen molar-refractivity contribution < 1.29 is 13.6 Å². The molecular formula is C13H9ClF2N2O. The predicted octanol–water partition coefficient (Wildman–Crippen LogP) is 2.94. The van der Waals surface area contributed by atoms with Crippen molar-refractivity contribution in [2.24, 2.45) is 0 Å². The van der Waals surface area contributed by atoms with Gasteiger partial charge in [-0.1, -0.05) is 17.7 Å². The third-order valence-electron chi connectivity index (χ3n) is 2.43. The van der Waals surface area contributed by atoms with Crippen LogP contribution in [0.3, 0.4) is 0 Å². The van der Waals surface area contributed by atoms with Crippen LogP contribution in [0.1, 0.15) is 15.9 Å². The Morgan fingerprint density at radius 2 is 2.05 bits per heavy atom. The number of halogens is 3. The van der Waals surface area contributed by atoms with Gasteiger partial charge >= 0.3 is 0 Å². The Balaban J connectivity index is 2.00. The van der Waals surface area contributed by atoms with Crippen LogP contribution < -0.4 is 5.32 Å². The molecule has 1 aromatic carbocycles. The molecule has 0 atom stereocenters. The molecule has 98 valence electrons. The van der Waals surface area contributed by atoms with Crippen molar-refractivity contribution in [1.82, 2.24) is 10.3 Å². The summed E-state index contributed by atoms with van der Waals surface area (Å²) in [5, 5.41) is 2.59. The molecule has 2 rings (SSSR count). The lowest BCUT2D eigenvalue weighted by Gasteiger charge is -2.06. The highest BCUT2D eigenvalue weighted by Gasteiger charge is 2.07. The Bertz CT molecular complexity index is 602. The quantitative estimate of drug-likeness (QED) is 0.880. The van der Waals surface area contributed by atoms with E-state index in [0.29, 0.717) is 5.56 Å². The number of nitrogens with one attached hydrogen (secondary N) is 1. The van der Waals surface area contributed by atoms with Crippen LogP contribution in [0.5, 0.6) is 0 Å². The molecule has 1 aromatic heterocycles. The maximum absolute atomic E-state index is 12.9. The summed E-state index contributed by atoms with van der Waals surface area (Å²) in [7, 11) is 0. The summed E-state index contributed by atoms with van der Waals surface area (Å²) in [5.74, 6) is -1.56. The van der Waals surface area contributed by atoms with Crippen LogP contribution in [0.2, 0.25) is 5.02 Å². The van der Waals surface area contributed by atoms with Crippen molar-refractivity contribution in [2.45, 2.75) is 6.54 Å². The summed E-state index contributed by atoms with van der Waals surface area (Å²) >= 11 is 5.62. The Morgan fingerprint density at radius 3 is 2.68 bits per heavy atom. The first-order valence-corrected chi connectivity index (χ1v) is 5.78. The van der Waals surface area contributed by atoms with E-state index in [-0.39, 0.29) is 17.1 Å². The van der Waals surface area contributed by atoms with Gasteiger partial charge in [0.25, 0.3) is 5.91 Å². The van der Waals surface area contributed by atoms with Gasteiger partial charge < -0.3 is 5.32 Å². The monoisotopic (exact) mass is 282 g/mol. The number of carbonyl (C=O) groups is 1. The van der Waals surface area contributed by atoms with Crippen molar-refractivity contribution in [3.05, 3.63) is 64.4 Å². The Kier molecular flexibility index (Phi) is 4.06. The fourth-order valence-electron chi connectivity index (χ4n) is 1.44. The first-order chi connectivity index (χ1) is 9.06. The third-order valence-corrected chi connectivity index (χ3v) is 2.72. The standard InChI is InChI=1S/C13H9ClF2N2O/c14-10-5-8(1-3-11(10)15)6-18-13(19)9-2-4-12(16)17-7-9/h1-5,7H,6H2,(H,18,19). The SMILES string of the molecule is O=C(NCc1ccc(F)c(Cl)c1)c1ccc(F)nc1. The molecule has 0 spiro atoms. The number of hydrogen-bond donors (Lipinski definition) is 1. The van der Waals surface area contributed by atoms with Gasteiger partial charge in [-0.25, -0.2) is 9.37 Å². The second-order valence-corrected chi connectivity index (χ2v) is 4.21. The van der Waals surface area contributed by atoms with Gasteiger partial charge in [0.05, 0.1) is 10.6 Å². The van der Waals surface area contributed by atoms with E-state index >= 15 is 0 Å². The summed E-state index contributed by atoms with van der Waals surface area (Å²) in [6.45, 7) is 0.191. The Labute approximate surface area is 113 Å². The molecule has 0 fully saturated rings. The number of carbonyl (C=O) groups excluding carboxylic acids is 1. The van der Waals surface area contributed by atoms with Gasteiger partial charge in [-0.15, -0.1) is 0 Å². The van der Waals surface area contributed by atoms with Gasteiger partial charge in [0.2, 0.25) is 5.95 Å². The highest BCUT2D eigenvalue weighted by molar-refractivity contribution is 6.30. The fourth-order valence-corrected chi connectivity index (χ4v) is 1.65. The van der Waals surface area contributed by atoms with E-state index in [0.717, 1.165) is 12.3 Å². The molecule has 1 N–H and O–H groups in total. The summed E-state index contributed by atoms with van der Waals surface area (Å²) in [6.07, 6.45) is 1.14. The van der Waals surface area contributed by atoms with Crippen LogP contribution in [0, 0.1) is 11.8 Å². The molecule has 19 heavy (non-hydrogen) atoms. The largest absolute Gasteiger partial charge is 0.348 e. The van der Waals surface area contributed by atoms with E-state index < -0.39 is 17.7 Å².